The lowest BCUT2D eigenvalue weighted by atomic mass is 10.1. The molecular formula is C15H24N2O3. The van der Waals surface area contributed by atoms with E-state index < -0.39 is 0 Å². The molecule has 20 heavy (non-hydrogen) atoms. The number of aliphatic hydroxyl groups is 1. The fourth-order valence-corrected chi connectivity index (χ4v) is 1.82. The molecule has 0 fully saturated rings. The van der Waals surface area contributed by atoms with Gasteiger partial charge in [0.25, 0.3) is 0 Å². The first kappa shape index (κ1) is 16.3. The van der Waals surface area contributed by atoms with Crippen LogP contribution in [0.5, 0.6) is 5.75 Å². The van der Waals surface area contributed by atoms with Crippen LogP contribution in [0.1, 0.15) is 30.4 Å². The monoisotopic (exact) mass is 280 g/mol. The molecule has 0 unspecified atom stereocenters. The predicted octanol–water partition coefficient (Wildman–Crippen LogP) is 2.10. The summed E-state index contributed by atoms with van der Waals surface area (Å²) in [6.45, 7) is 4.96. The maximum absolute atomic E-state index is 11.5. The molecule has 5 nitrogen and oxygen atoms in total. The van der Waals surface area contributed by atoms with E-state index in [0.717, 1.165) is 30.6 Å². The molecule has 0 saturated heterocycles. The Morgan fingerprint density at radius 3 is 2.70 bits per heavy atom. The topological polar surface area (TPSA) is 70.6 Å². The number of rotatable bonds is 8. The highest BCUT2D eigenvalue weighted by Crippen LogP contribution is 2.18. The van der Waals surface area contributed by atoms with E-state index in [-0.39, 0.29) is 19.4 Å². The van der Waals surface area contributed by atoms with Gasteiger partial charge in [0.05, 0.1) is 0 Å². The number of nitrogens with one attached hydrogen (secondary N) is 2. The Morgan fingerprint density at radius 2 is 2.00 bits per heavy atom. The third kappa shape index (κ3) is 6.43. The van der Waals surface area contributed by atoms with Gasteiger partial charge < -0.3 is 20.5 Å². The van der Waals surface area contributed by atoms with Crippen LogP contribution in [0.4, 0.5) is 4.79 Å². The number of hydrogen-bond donors (Lipinski definition) is 3. The summed E-state index contributed by atoms with van der Waals surface area (Å²) in [7, 11) is 0. The van der Waals surface area contributed by atoms with Crippen LogP contribution in [0.2, 0.25) is 0 Å². The van der Waals surface area contributed by atoms with Crippen molar-refractivity contribution in [2.45, 2.75) is 33.1 Å². The molecule has 1 aromatic rings. The average Bonchev–Trinajstić information content (AvgIpc) is 2.41. The maximum atomic E-state index is 11.5. The highest BCUT2D eigenvalue weighted by molar-refractivity contribution is 5.73. The number of unbranched alkanes of at least 4 members (excludes halogenated alkanes) is 2. The second-order valence-electron chi connectivity index (χ2n) is 4.77. The van der Waals surface area contributed by atoms with Crippen LogP contribution in [0.15, 0.2) is 18.2 Å². The fourth-order valence-electron chi connectivity index (χ4n) is 1.82. The number of benzene rings is 1. The molecule has 1 aromatic carbocycles. The van der Waals surface area contributed by atoms with Crippen LogP contribution in [0.3, 0.4) is 0 Å². The quantitative estimate of drug-likeness (QED) is 0.504. The number of urea groups is 1. The minimum atomic E-state index is -0.237. The number of aliphatic hydroxyl groups excluding tert-OH is 1. The normalized spacial score (nSPS) is 10.2. The van der Waals surface area contributed by atoms with Gasteiger partial charge in [-0.2, -0.15) is 0 Å². The molecule has 1 rings (SSSR count). The zero-order valence-electron chi connectivity index (χ0n) is 12.2. The first-order chi connectivity index (χ1) is 9.63. The number of hydrogen-bond acceptors (Lipinski definition) is 3. The summed E-state index contributed by atoms with van der Waals surface area (Å²) < 4.78 is 5.50. The molecule has 0 aromatic heterocycles. The zero-order chi connectivity index (χ0) is 14.8. The number of amides is 2. The Balaban J connectivity index is 2.15. The molecule has 0 spiro atoms. The van der Waals surface area contributed by atoms with Gasteiger partial charge in [-0.05, 0) is 44.7 Å². The van der Waals surface area contributed by atoms with E-state index in [9.17, 15) is 4.79 Å². The van der Waals surface area contributed by atoms with Gasteiger partial charge in [0.15, 0.2) is 6.73 Å². The second kappa shape index (κ2) is 9.20. The molecule has 0 aliphatic rings. The number of carbonyl (C=O) groups excluding carboxylic acids is 1. The summed E-state index contributed by atoms with van der Waals surface area (Å²) in [6.07, 6.45) is 2.56. The Labute approximate surface area is 120 Å². The smallest absolute Gasteiger partial charge is 0.317 e. The van der Waals surface area contributed by atoms with E-state index in [4.69, 9.17) is 9.84 Å². The van der Waals surface area contributed by atoms with Crippen LogP contribution >= 0.6 is 0 Å². The van der Waals surface area contributed by atoms with E-state index in [1.54, 1.807) is 0 Å². The standard InChI is InChI=1S/C15H24N2O3/c1-12-6-7-14(13(2)10-12)20-11-17-15(19)16-8-4-3-5-9-18/h6-7,10,18H,3-5,8-9,11H2,1-2H3,(H2,16,17,19). The minimum Gasteiger partial charge on any atom is -0.473 e. The number of carbonyl (C=O) groups is 1. The third-order valence-corrected chi connectivity index (χ3v) is 2.91. The van der Waals surface area contributed by atoms with E-state index >= 15 is 0 Å². The van der Waals surface area contributed by atoms with Crippen molar-refractivity contribution in [1.82, 2.24) is 10.6 Å². The first-order valence-corrected chi connectivity index (χ1v) is 6.96. The molecule has 0 heterocycles. The number of ether oxygens (including phenoxy) is 1. The largest absolute Gasteiger partial charge is 0.473 e. The van der Waals surface area contributed by atoms with Gasteiger partial charge in [0.1, 0.15) is 5.75 Å². The zero-order valence-corrected chi connectivity index (χ0v) is 12.2. The van der Waals surface area contributed by atoms with Crippen molar-refractivity contribution in [3.8, 4) is 5.75 Å². The summed E-state index contributed by atoms with van der Waals surface area (Å²) in [5.74, 6) is 0.777. The third-order valence-electron chi connectivity index (χ3n) is 2.91. The molecule has 0 aliphatic heterocycles. The Kier molecular flexibility index (Phi) is 7.50. The van der Waals surface area contributed by atoms with Gasteiger partial charge >= 0.3 is 6.03 Å². The minimum absolute atomic E-state index is 0.145. The van der Waals surface area contributed by atoms with Gasteiger partial charge in [0, 0.05) is 13.2 Å². The van der Waals surface area contributed by atoms with Crippen molar-refractivity contribution in [2.75, 3.05) is 19.9 Å². The van der Waals surface area contributed by atoms with Gasteiger partial charge in [-0.1, -0.05) is 17.7 Å². The summed E-state index contributed by atoms with van der Waals surface area (Å²) in [5.41, 5.74) is 2.24. The van der Waals surface area contributed by atoms with E-state index in [1.807, 2.05) is 32.0 Å². The van der Waals surface area contributed by atoms with Crippen molar-refractivity contribution in [1.29, 1.82) is 0 Å². The lowest BCUT2D eigenvalue weighted by Gasteiger charge is -2.11. The van der Waals surface area contributed by atoms with Gasteiger partial charge in [-0.25, -0.2) is 4.79 Å². The molecule has 3 N–H and O–H groups in total. The molecule has 5 heteroatoms. The molecule has 0 radical (unpaired) electrons. The summed E-state index contributed by atoms with van der Waals surface area (Å²) in [4.78, 5) is 11.5. The van der Waals surface area contributed by atoms with Crippen LogP contribution in [0.25, 0.3) is 0 Å². The summed E-state index contributed by atoms with van der Waals surface area (Å²) in [5, 5.41) is 14.0. The lowest BCUT2D eigenvalue weighted by molar-refractivity contribution is 0.223. The maximum Gasteiger partial charge on any atom is 0.317 e. The second-order valence-corrected chi connectivity index (χ2v) is 4.77. The van der Waals surface area contributed by atoms with Crippen molar-refractivity contribution < 1.29 is 14.6 Å². The molecule has 0 saturated carbocycles. The molecule has 0 aliphatic carbocycles. The van der Waals surface area contributed by atoms with Crippen LogP contribution < -0.4 is 15.4 Å². The molecular weight excluding hydrogens is 256 g/mol. The summed E-state index contributed by atoms with van der Waals surface area (Å²) >= 11 is 0. The SMILES string of the molecule is Cc1ccc(OCNC(=O)NCCCCCO)c(C)c1. The molecule has 2 amide bonds. The van der Waals surface area contributed by atoms with Gasteiger partial charge in [-0.15, -0.1) is 0 Å². The Hall–Kier alpha value is -1.75. The highest BCUT2D eigenvalue weighted by Gasteiger charge is 2.01. The van der Waals surface area contributed by atoms with Crippen molar-refractivity contribution >= 4 is 6.03 Å². The first-order valence-electron chi connectivity index (χ1n) is 6.96. The summed E-state index contributed by atoms with van der Waals surface area (Å²) in [6, 6.07) is 5.68. The van der Waals surface area contributed by atoms with Crippen LogP contribution in [-0.4, -0.2) is 31.0 Å². The van der Waals surface area contributed by atoms with Crippen LogP contribution in [-0.2, 0) is 0 Å². The molecule has 0 atom stereocenters. The molecule has 0 bridgehead atoms. The molecule has 112 valence electrons. The van der Waals surface area contributed by atoms with Crippen molar-refractivity contribution in [2.24, 2.45) is 0 Å². The number of aryl methyl sites for hydroxylation is 2. The fraction of sp³-hybridized carbons (Fsp3) is 0.533. The van der Waals surface area contributed by atoms with E-state index in [2.05, 4.69) is 10.6 Å². The van der Waals surface area contributed by atoms with Gasteiger partial charge in [0.2, 0.25) is 0 Å². The van der Waals surface area contributed by atoms with Crippen LogP contribution in [0, 0.1) is 13.8 Å². The van der Waals surface area contributed by atoms with Crippen molar-refractivity contribution in [3.63, 3.8) is 0 Å². The van der Waals surface area contributed by atoms with E-state index in [1.165, 1.54) is 5.56 Å². The highest BCUT2D eigenvalue weighted by atomic mass is 16.5. The van der Waals surface area contributed by atoms with Crippen molar-refractivity contribution in [3.05, 3.63) is 29.3 Å². The Bertz CT molecular complexity index is 422. The average molecular weight is 280 g/mol. The van der Waals surface area contributed by atoms with E-state index in [0.29, 0.717) is 6.54 Å². The van der Waals surface area contributed by atoms with Gasteiger partial charge in [-0.3, -0.25) is 0 Å². The predicted molar refractivity (Wildman–Crippen MR) is 78.9 cm³/mol. The lowest BCUT2D eigenvalue weighted by Crippen LogP contribution is -2.38. The Morgan fingerprint density at radius 1 is 1.20 bits per heavy atom.